The predicted octanol–water partition coefficient (Wildman–Crippen LogP) is 2.69. The van der Waals surface area contributed by atoms with Gasteiger partial charge in [0.1, 0.15) is 17.7 Å². The number of aromatic amines is 1. The average molecular weight is 345 g/mol. The fraction of sp³-hybridized carbons (Fsp3) is 0.0714. The summed E-state index contributed by atoms with van der Waals surface area (Å²) in [5, 5.41) is 8.94. The molecule has 3 aromatic heterocycles. The van der Waals surface area contributed by atoms with E-state index in [-0.39, 0.29) is 5.69 Å². The highest BCUT2D eigenvalue weighted by Crippen LogP contribution is 2.38. The van der Waals surface area contributed by atoms with Crippen molar-refractivity contribution in [2.24, 2.45) is 5.73 Å². The van der Waals surface area contributed by atoms with Gasteiger partial charge in [0.05, 0.1) is 25.6 Å². The minimum atomic E-state index is -0.647. The number of aromatic nitrogens is 5. The maximum atomic E-state index is 11.6. The number of aryl methyl sites for hydroxylation is 1. The smallest absolute Gasteiger partial charge is 0.268 e. The molecule has 1 aromatic carbocycles. The summed E-state index contributed by atoms with van der Waals surface area (Å²) in [5.74, 6) is -0.647. The van der Waals surface area contributed by atoms with Gasteiger partial charge in [-0.25, -0.2) is 15.0 Å². The summed E-state index contributed by atoms with van der Waals surface area (Å²) in [4.78, 5) is 24.1. The van der Waals surface area contributed by atoms with E-state index < -0.39 is 5.91 Å². The van der Waals surface area contributed by atoms with Gasteiger partial charge in [0.15, 0.2) is 5.65 Å². The maximum Gasteiger partial charge on any atom is 0.268 e. The van der Waals surface area contributed by atoms with Crippen LogP contribution in [0.5, 0.6) is 0 Å². The standard InChI is InChI=1S/C14H9ClN6OS/c1-5-19-7-3-2-6(9(15)12(7)23-5)10-8-11(13(16)22)17-4-18-14(8)21-20-10/h2-4H,1H3,(H2,16,22)(H,17,18,20,21). The number of carbonyl (C=O) groups is 1. The quantitative estimate of drug-likeness (QED) is 0.580. The molecule has 9 heteroatoms. The number of halogens is 1. The van der Waals surface area contributed by atoms with Gasteiger partial charge < -0.3 is 5.73 Å². The van der Waals surface area contributed by atoms with Crippen molar-refractivity contribution in [3.05, 3.63) is 34.2 Å². The second-order valence-electron chi connectivity index (χ2n) is 4.89. The summed E-state index contributed by atoms with van der Waals surface area (Å²) >= 11 is 8.04. The second-order valence-corrected chi connectivity index (χ2v) is 6.47. The van der Waals surface area contributed by atoms with Gasteiger partial charge in [-0.05, 0) is 19.1 Å². The number of nitrogens with two attached hydrogens (primary N) is 1. The van der Waals surface area contributed by atoms with E-state index in [1.807, 2.05) is 19.1 Å². The molecule has 0 radical (unpaired) electrons. The molecule has 4 aromatic rings. The third kappa shape index (κ3) is 2.07. The largest absolute Gasteiger partial charge is 0.364 e. The minimum Gasteiger partial charge on any atom is -0.364 e. The zero-order valence-corrected chi connectivity index (χ0v) is 13.4. The first kappa shape index (κ1) is 14.0. The Morgan fingerprint density at radius 3 is 2.96 bits per heavy atom. The van der Waals surface area contributed by atoms with Crippen LogP contribution in [0.25, 0.3) is 32.5 Å². The summed E-state index contributed by atoms with van der Waals surface area (Å²) in [6, 6.07) is 3.69. The first-order valence-corrected chi connectivity index (χ1v) is 7.80. The van der Waals surface area contributed by atoms with Crippen molar-refractivity contribution in [1.82, 2.24) is 25.1 Å². The van der Waals surface area contributed by atoms with E-state index in [4.69, 9.17) is 17.3 Å². The van der Waals surface area contributed by atoms with Crippen LogP contribution in [0.15, 0.2) is 18.5 Å². The average Bonchev–Trinajstić information content (AvgIpc) is 3.11. The number of fused-ring (bicyclic) bond motifs is 2. The van der Waals surface area contributed by atoms with Crippen molar-refractivity contribution in [2.75, 3.05) is 0 Å². The summed E-state index contributed by atoms with van der Waals surface area (Å²) in [7, 11) is 0. The van der Waals surface area contributed by atoms with Crippen LogP contribution in [0.3, 0.4) is 0 Å². The Morgan fingerprint density at radius 2 is 2.17 bits per heavy atom. The van der Waals surface area contributed by atoms with Crippen molar-refractivity contribution in [3.63, 3.8) is 0 Å². The molecule has 1 amide bonds. The van der Waals surface area contributed by atoms with Crippen molar-refractivity contribution in [1.29, 1.82) is 0 Å². The minimum absolute atomic E-state index is 0.107. The molecule has 0 spiro atoms. The van der Waals surface area contributed by atoms with Crippen LogP contribution in [0.2, 0.25) is 5.02 Å². The fourth-order valence-electron chi connectivity index (χ4n) is 2.50. The summed E-state index contributed by atoms with van der Waals surface area (Å²) in [6.45, 7) is 1.92. The first-order chi connectivity index (χ1) is 11.1. The zero-order chi connectivity index (χ0) is 16.1. The van der Waals surface area contributed by atoms with Crippen LogP contribution in [0, 0.1) is 6.92 Å². The van der Waals surface area contributed by atoms with E-state index in [1.54, 1.807) is 0 Å². The molecule has 0 fully saturated rings. The lowest BCUT2D eigenvalue weighted by molar-refractivity contribution is 0.0997. The van der Waals surface area contributed by atoms with Gasteiger partial charge >= 0.3 is 0 Å². The summed E-state index contributed by atoms with van der Waals surface area (Å²) in [6.07, 6.45) is 1.27. The van der Waals surface area contributed by atoms with Crippen LogP contribution in [-0.4, -0.2) is 31.1 Å². The Balaban J connectivity index is 2.07. The molecule has 0 unspecified atom stereocenters. The number of amides is 1. The molecule has 0 bridgehead atoms. The molecule has 0 aliphatic carbocycles. The highest BCUT2D eigenvalue weighted by molar-refractivity contribution is 7.19. The molecular formula is C14H9ClN6OS. The van der Waals surface area contributed by atoms with Crippen molar-refractivity contribution >= 4 is 50.1 Å². The Labute approximate surface area is 138 Å². The second kappa shape index (κ2) is 4.97. The number of benzene rings is 1. The Hall–Kier alpha value is -2.58. The van der Waals surface area contributed by atoms with Gasteiger partial charge in [-0.3, -0.25) is 9.89 Å². The van der Waals surface area contributed by atoms with Gasteiger partial charge in [0, 0.05) is 5.56 Å². The number of H-pyrrole nitrogens is 1. The Bertz CT molecular complexity index is 1090. The fourth-order valence-corrected chi connectivity index (χ4v) is 3.72. The monoisotopic (exact) mass is 344 g/mol. The van der Waals surface area contributed by atoms with E-state index >= 15 is 0 Å². The van der Waals surface area contributed by atoms with Crippen LogP contribution in [-0.2, 0) is 0 Å². The molecule has 23 heavy (non-hydrogen) atoms. The van der Waals surface area contributed by atoms with E-state index in [2.05, 4.69) is 25.1 Å². The van der Waals surface area contributed by atoms with E-state index in [9.17, 15) is 4.79 Å². The zero-order valence-electron chi connectivity index (χ0n) is 11.8. The van der Waals surface area contributed by atoms with Gasteiger partial charge in [0.2, 0.25) is 0 Å². The van der Waals surface area contributed by atoms with Crippen molar-refractivity contribution in [2.45, 2.75) is 6.92 Å². The molecule has 3 N–H and O–H groups in total. The van der Waals surface area contributed by atoms with Crippen molar-refractivity contribution in [3.8, 4) is 11.3 Å². The number of thiazole rings is 1. The number of carbonyl (C=O) groups excluding carboxylic acids is 1. The lowest BCUT2D eigenvalue weighted by atomic mass is 10.1. The van der Waals surface area contributed by atoms with E-state index in [1.165, 1.54) is 17.7 Å². The number of nitrogens with one attached hydrogen (secondary N) is 1. The van der Waals surface area contributed by atoms with Crippen LogP contribution in [0.4, 0.5) is 0 Å². The number of primary amides is 1. The van der Waals surface area contributed by atoms with Gasteiger partial charge in [0.25, 0.3) is 5.91 Å². The van der Waals surface area contributed by atoms with Crippen molar-refractivity contribution < 1.29 is 4.79 Å². The summed E-state index contributed by atoms with van der Waals surface area (Å²) < 4.78 is 0.871. The maximum absolute atomic E-state index is 11.6. The highest BCUT2D eigenvalue weighted by atomic mass is 35.5. The van der Waals surface area contributed by atoms with Crippen LogP contribution in [0.1, 0.15) is 15.5 Å². The highest BCUT2D eigenvalue weighted by Gasteiger charge is 2.20. The number of hydrogen-bond donors (Lipinski definition) is 2. The topological polar surface area (TPSA) is 110 Å². The van der Waals surface area contributed by atoms with E-state index in [0.717, 1.165) is 15.2 Å². The SMILES string of the molecule is Cc1nc2ccc(-c3n[nH]c4ncnc(C(N)=O)c34)c(Cl)c2s1. The molecule has 0 saturated carbocycles. The molecule has 114 valence electrons. The predicted molar refractivity (Wildman–Crippen MR) is 88.6 cm³/mol. The molecule has 0 aliphatic rings. The lowest BCUT2D eigenvalue weighted by Crippen LogP contribution is -2.13. The number of rotatable bonds is 2. The van der Waals surface area contributed by atoms with Gasteiger partial charge in [-0.15, -0.1) is 11.3 Å². The number of nitrogens with zero attached hydrogens (tertiary/aromatic N) is 4. The van der Waals surface area contributed by atoms with Gasteiger partial charge in [-0.1, -0.05) is 11.6 Å². The number of hydrogen-bond acceptors (Lipinski definition) is 6. The third-order valence-electron chi connectivity index (χ3n) is 3.45. The Kier molecular flexibility index (Phi) is 3.03. The van der Waals surface area contributed by atoms with E-state index in [0.29, 0.717) is 27.3 Å². The molecule has 0 saturated heterocycles. The Morgan fingerprint density at radius 1 is 1.35 bits per heavy atom. The first-order valence-electron chi connectivity index (χ1n) is 6.61. The lowest BCUT2D eigenvalue weighted by Gasteiger charge is -2.03. The normalized spacial score (nSPS) is 11.4. The molecule has 3 heterocycles. The molecule has 7 nitrogen and oxygen atoms in total. The van der Waals surface area contributed by atoms with Crippen LogP contribution < -0.4 is 5.73 Å². The molecule has 0 atom stereocenters. The molecule has 4 rings (SSSR count). The van der Waals surface area contributed by atoms with Gasteiger partial charge in [-0.2, -0.15) is 5.10 Å². The van der Waals surface area contributed by atoms with Crippen LogP contribution >= 0.6 is 22.9 Å². The third-order valence-corrected chi connectivity index (χ3v) is 4.96. The summed E-state index contributed by atoms with van der Waals surface area (Å²) in [5.41, 5.74) is 7.94. The molecule has 0 aliphatic heterocycles. The molecular weight excluding hydrogens is 336 g/mol.